The van der Waals surface area contributed by atoms with Crippen LogP contribution < -0.4 is 20.5 Å². The molecule has 39 heavy (non-hydrogen) atoms. The summed E-state index contributed by atoms with van der Waals surface area (Å²) in [5.41, 5.74) is 4.32. The first-order valence-electron chi connectivity index (χ1n) is 13.6. The summed E-state index contributed by atoms with van der Waals surface area (Å²) in [4.78, 5) is 31.9. The summed E-state index contributed by atoms with van der Waals surface area (Å²) in [5, 5.41) is 8.52. The highest BCUT2D eigenvalue weighted by Gasteiger charge is 2.19. The minimum atomic E-state index is -3.63. The molecule has 12 heteroatoms. The van der Waals surface area contributed by atoms with Gasteiger partial charge in [0, 0.05) is 24.8 Å². The normalized spacial score (nSPS) is 11.6. The van der Waals surface area contributed by atoms with Crippen LogP contribution in [0.15, 0.2) is 29.2 Å². The SMILES string of the molecule is CCCOc1ccc(NS(=O)(=O)CCCCCCC(=O)NO)cc1-c1nc2c(CCC)cn(CC)c2c(=O)[nH]1. The van der Waals surface area contributed by atoms with Crippen molar-refractivity contribution in [3.05, 3.63) is 40.3 Å². The number of aromatic nitrogens is 3. The van der Waals surface area contributed by atoms with Crippen LogP contribution in [0.1, 0.15) is 71.3 Å². The van der Waals surface area contributed by atoms with Gasteiger partial charge in [0.1, 0.15) is 17.1 Å². The lowest BCUT2D eigenvalue weighted by molar-refractivity contribution is -0.129. The fourth-order valence-electron chi connectivity index (χ4n) is 4.43. The molecule has 0 saturated heterocycles. The van der Waals surface area contributed by atoms with Crippen LogP contribution in [0.4, 0.5) is 5.69 Å². The average molecular weight is 562 g/mol. The second-order valence-corrected chi connectivity index (χ2v) is 11.3. The summed E-state index contributed by atoms with van der Waals surface area (Å²) in [6.45, 7) is 7.14. The smallest absolute Gasteiger partial charge is 0.275 e. The molecular formula is C27H39N5O6S. The number of hydroxylamine groups is 1. The number of anilines is 1. The number of carbonyl (C=O) groups excluding carboxylic acids is 1. The van der Waals surface area contributed by atoms with Gasteiger partial charge in [-0.1, -0.05) is 33.1 Å². The van der Waals surface area contributed by atoms with Gasteiger partial charge in [-0.15, -0.1) is 0 Å². The highest BCUT2D eigenvalue weighted by molar-refractivity contribution is 7.92. The van der Waals surface area contributed by atoms with Crippen molar-refractivity contribution in [3.63, 3.8) is 0 Å². The monoisotopic (exact) mass is 561 g/mol. The molecule has 4 N–H and O–H groups in total. The predicted octanol–water partition coefficient (Wildman–Crippen LogP) is 4.35. The minimum absolute atomic E-state index is 0.0748. The molecule has 0 spiro atoms. The van der Waals surface area contributed by atoms with Crippen molar-refractivity contribution in [2.75, 3.05) is 17.1 Å². The molecule has 2 aromatic heterocycles. The molecular weight excluding hydrogens is 522 g/mol. The Hall–Kier alpha value is -3.38. The largest absolute Gasteiger partial charge is 0.493 e. The molecule has 0 aliphatic carbocycles. The van der Waals surface area contributed by atoms with E-state index in [9.17, 15) is 18.0 Å². The Morgan fingerprint density at radius 1 is 1.13 bits per heavy atom. The standard InChI is InChI=1S/C27H39N5O6S/c1-4-11-19-18-32(6-3)25-24(19)28-26(29-27(25)34)21-17-20(13-14-22(21)38-15-5-2)31-39(36,37)16-10-8-7-9-12-23(33)30-35/h13-14,17-18,31,35H,4-12,15-16H2,1-3H3,(H,30,33)(H,28,29,34). The fraction of sp³-hybridized carbons (Fsp3) is 0.519. The lowest BCUT2D eigenvalue weighted by Gasteiger charge is -2.14. The lowest BCUT2D eigenvalue weighted by Crippen LogP contribution is -2.18. The first kappa shape index (κ1) is 30.2. The Morgan fingerprint density at radius 2 is 1.90 bits per heavy atom. The number of ether oxygens (including phenoxy) is 1. The van der Waals surface area contributed by atoms with E-state index in [1.165, 1.54) is 0 Å². The maximum Gasteiger partial charge on any atom is 0.275 e. The predicted molar refractivity (Wildman–Crippen MR) is 152 cm³/mol. The van der Waals surface area contributed by atoms with Crippen molar-refractivity contribution in [2.24, 2.45) is 0 Å². The molecule has 0 unspecified atom stereocenters. The number of rotatable bonds is 16. The number of aromatic amines is 1. The third-order valence-corrected chi connectivity index (χ3v) is 7.69. The molecule has 11 nitrogen and oxygen atoms in total. The van der Waals surface area contributed by atoms with Gasteiger partial charge in [0.25, 0.3) is 5.56 Å². The van der Waals surface area contributed by atoms with E-state index < -0.39 is 15.9 Å². The van der Waals surface area contributed by atoms with E-state index in [1.807, 2.05) is 24.6 Å². The van der Waals surface area contributed by atoms with Gasteiger partial charge in [-0.05, 0) is 56.4 Å². The summed E-state index contributed by atoms with van der Waals surface area (Å²) in [6, 6.07) is 4.95. The van der Waals surface area contributed by atoms with Crippen LogP contribution in [-0.2, 0) is 27.8 Å². The van der Waals surface area contributed by atoms with Crippen LogP contribution in [0.25, 0.3) is 22.4 Å². The Kier molecular flexibility index (Phi) is 10.9. The molecule has 0 bridgehead atoms. The third-order valence-electron chi connectivity index (χ3n) is 6.32. The molecule has 3 aromatic rings. The van der Waals surface area contributed by atoms with E-state index in [-0.39, 0.29) is 17.7 Å². The first-order chi connectivity index (χ1) is 18.7. The number of sulfonamides is 1. The highest BCUT2D eigenvalue weighted by Crippen LogP contribution is 2.32. The van der Waals surface area contributed by atoms with Gasteiger partial charge in [-0.2, -0.15) is 0 Å². The fourth-order valence-corrected chi connectivity index (χ4v) is 5.61. The second kappa shape index (κ2) is 14.1. The number of hydrogen-bond donors (Lipinski definition) is 4. The van der Waals surface area contributed by atoms with Gasteiger partial charge < -0.3 is 14.3 Å². The summed E-state index contributed by atoms with van der Waals surface area (Å²) < 4.78 is 36.0. The first-order valence-corrected chi connectivity index (χ1v) is 15.2. The minimum Gasteiger partial charge on any atom is -0.493 e. The number of amides is 1. The lowest BCUT2D eigenvalue weighted by atomic mass is 10.1. The summed E-state index contributed by atoms with van der Waals surface area (Å²) in [6.07, 6.45) is 6.96. The highest BCUT2D eigenvalue weighted by atomic mass is 32.2. The van der Waals surface area contributed by atoms with Crippen LogP contribution in [0.5, 0.6) is 5.75 Å². The summed E-state index contributed by atoms with van der Waals surface area (Å²) in [7, 11) is -3.63. The van der Waals surface area contributed by atoms with E-state index >= 15 is 0 Å². The molecule has 0 aliphatic rings. The van der Waals surface area contributed by atoms with Crippen molar-refractivity contribution in [1.82, 2.24) is 20.0 Å². The number of nitrogens with one attached hydrogen (secondary N) is 3. The van der Waals surface area contributed by atoms with Crippen molar-refractivity contribution >= 4 is 32.7 Å². The summed E-state index contributed by atoms with van der Waals surface area (Å²) in [5.74, 6) is 0.291. The number of nitrogens with zero attached hydrogens (tertiary/aromatic N) is 2. The van der Waals surface area contributed by atoms with Gasteiger partial charge in [-0.25, -0.2) is 18.9 Å². The Morgan fingerprint density at radius 3 is 2.59 bits per heavy atom. The van der Waals surface area contributed by atoms with Crippen LogP contribution >= 0.6 is 0 Å². The van der Waals surface area contributed by atoms with Crippen molar-refractivity contribution in [1.29, 1.82) is 0 Å². The Labute approximate surface area is 229 Å². The molecule has 0 aliphatic heterocycles. The quantitative estimate of drug-likeness (QED) is 0.115. The molecule has 0 fully saturated rings. The van der Waals surface area contributed by atoms with Crippen LogP contribution in [-0.4, -0.2) is 46.4 Å². The molecule has 0 atom stereocenters. The average Bonchev–Trinajstić information content (AvgIpc) is 3.27. The van der Waals surface area contributed by atoms with Gasteiger partial charge in [0.05, 0.1) is 23.4 Å². The molecule has 0 saturated carbocycles. The van der Waals surface area contributed by atoms with Crippen molar-refractivity contribution in [2.45, 2.75) is 78.7 Å². The molecule has 2 heterocycles. The summed E-state index contributed by atoms with van der Waals surface area (Å²) >= 11 is 0. The van der Waals surface area contributed by atoms with E-state index in [2.05, 4.69) is 16.6 Å². The molecule has 0 radical (unpaired) electrons. The number of unbranched alkanes of at least 4 members (excludes halogenated alkanes) is 3. The number of fused-ring (bicyclic) bond motifs is 1. The number of carbonyl (C=O) groups is 1. The third kappa shape index (κ3) is 8.06. The van der Waals surface area contributed by atoms with Crippen molar-refractivity contribution in [3.8, 4) is 17.1 Å². The van der Waals surface area contributed by atoms with Crippen LogP contribution in [0.3, 0.4) is 0 Å². The topological polar surface area (TPSA) is 155 Å². The zero-order valence-corrected chi connectivity index (χ0v) is 23.7. The van der Waals surface area contributed by atoms with Crippen LogP contribution in [0.2, 0.25) is 0 Å². The zero-order chi connectivity index (χ0) is 28.4. The molecule has 3 rings (SSSR count). The van der Waals surface area contributed by atoms with Gasteiger partial charge in [0.2, 0.25) is 15.9 Å². The number of H-pyrrole nitrogens is 1. The van der Waals surface area contributed by atoms with Gasteiger partial charge >= 0.3 is 0 Å². The van der Waals surface area contributed by atoms with Gasteiger partial charge in [0.15, 0.2) is 0 Å². The van der Waals surface area contributed by atoms with E-state index in [0.717, 1.165) is 24.8 Å². The van der Waals surface area contributed by atoms with Gasteiger partial charge in [-0.3, -0.25) is 19.5 Å². The second-order valence-electron chi connectivity index (χ2n) is 9.48. The number of aryl methyl sites for hydroxylation is 2. The van der Waals surface area contributed by atoms with E-state index in [0.29, 0.717) is 72.7 Å². The van der Waals surface area contributed by atoms with E-state index in [1.54, 1.807) is 23.7 Å². The van der Waals surface area contributed by atoms with E-state index in [4.69, 9.17) is 14.9 Å². The number of benzene rings is 1. The molecule has 214 valence electrons. The Bertz CT molecular complexity index is 1430. The molecule has 1 amide bonds. The van der Waals surface area contributed by atoms with Crippen molar-refractivity contribution < 1.29 is 23.2 Å². The van der Waals surface area contributed by atoms with Crippen LogP contribution in [0, 0.1) is 0 Å². The maximum absolute atomic E-state index is 13.2. The molecule has 1 aromatic carbocycles. The zero-order valence-electron chi connectivity index (χ0n) is 22.9. The number of hydrogen-bond acceptors (Lipinski definition) is 7. The Balaban J connectivity index is 1.86. The maximum atomic E-state index is 13.2.